The number of hydrogen-bond acceptors (Lipinski definition) is 4. The molecule has 0 radical (unpaired) electrons. The summed E-state index contributed by atoms with van der Waals surface area (Å²) in [6.45, 7) is 10.2. The predicted molar refractivity (Wildman–Crippen MR) is 77.9 cm³/mol. The Morgan fingerprint density at radius 2 is 2.22 bits per heavy atom. The second kappa shape index (κ2) is 6.13. The van der Waals surface area contributed by atoms with E-state index in [0.29, 0.717) is 0 Å². The smallest absolute Gasteiger partial charge is 0.0947 e. The summed E-state index contributed by atoms with van der Waals surface area (Å²) >= 11 is 1.88. The Labute approximate surface area is 114 Å². The van der Waals surface area contributed by atoms with Crippen LogP contribution >= 0.6 is 11.3 Å². The molecule has 102 valence electrons. The van der Waals surface area contributed by atoms with Crippen LogP contribution in [0.4, 0.5) is 0 Å². The Morgan fingerprint density at radius 3 is 2.89 bits per heavy atom. The van der Waals surface area contributed by atoms with E-state index in [1.54, 1.807) is 0 Å². The minimum Gasteiger partial charge on any atom is -0.327 e. The number of hydrogen-bond donors (Lipinski definition) is 1. The predicted octanol–water partition coefficient (Wildman–Crippen LogP) is 2.44. The first kappa shape index (κ1) is 14.0. The van der Waals surface area contributed by atoms with Crippen LogP contribution in [0, 0.1) is 5.92 Å². The van der Waals surface area contributed by atoms with Gasteiger partial charge in [0.15, 0.2) is 0 Å². The molecule has 0 saturated carbocycles. The molecular formula is C14H25N3S. The van der Waals surface area contributed by atoms with Gasteiger partial charge >= 0.3 is 0 Å². The zero-order chi connectivity index (χ0) is 13.1. The maximum Gasteiger partial charge on any atom is 0.0947 e. The fourth-order valence-electron chi connectivity index (χ4n) is 2.43. The van der Waals surface area contributed by atoms with Crippen LogP contribution in [0.5, 0.6) is 0 Å². The minimum absolute atomic E-state index is 0.268. The molecule has 0 bridgehead atoms. The second-order valence-corrected chi connectivity index (χ2v) is 6.90. The highest BCUT2D eigenvalue weighted by molar-refractivity contribution is 7.11. The lowest BCUT2D eigenvalue weighted by molar-refractivity contribution is 0.228. The summed E-state index contributed by atoms with van der Waals surface area (Å²) in [4.78, 5) is 8.79. The molecule has 0 fully saturated rings. The van der Waals surface area contributed by atoms with Crippen molar-refractivity contribution in [3.05, 3.63) is 15.6 Å². The summed E-state index contributed by atoms with van der Waals surface area (Å²) in [5.74, 6) is 0.743. The van der Waals surface area contributed by atoms with Crippen molar-refractivity contribution in [1.82, 2.24) is 9.88 Å². The van der Waals surface area contributed by atoms with Gasteiger partial charge in [0.25, 0.3) is 0 Å². The van der Waals surface area contributed by atoms with Crippen LogP contribution in [0.15, 0.2) is 0 Å². The van der Waals surface area contributed by atoms with Gasteiger partial charge in [-0.1, -0.05) is 20.8 Å². The van der Waals surface area contributed by atoms with Gasteiger partial charge in [-0.3, -0.25) is 4.90 Å². The van der Waals surface area contributed by atoms with Crippen LogP contribution in [0.1, 0.15) is 42.8 Å². The maximum absolute atomic E-state index is 6.01. The number of nitrogens with zero attached hydrogens (tertiary/aromatic N) is 2. The third-order valence-corrected chi connectivity index (χ3v) is 4.54. The van der Waals surface area contributed by atoms with Crippen molar-refractivity contribution in [3.63, 3.8) is 0 Å². The highest BCUT2D eigenvalue weighted by Crippen LogP contribution is 2.26. The van der Waals surface area contributed by atoms with Gasteiger partial charge in [0.05, 0.1) is 10.7 Å². The van der Waals surface area contributed by atoms with Crippen LogP contribution in [-0.2, 0) is 19.4 Å². The fourth-order valence-corrected chi connectivity index (χ4v) is 3.68. The molecule has 4 heteroatoms. The molecule has 1 aliphatic rings. The molecule has 1 aromatic heterocycles. The topological polar surface area (TPSA) is 42.1 Å². The van der Waals surface area contributed by atoms with Crippen molar-refractivity contribution in [1.29, 1.82) is 0 Å². The van der Waals surface area contributed by atoms with Crippen LogP contribution in [0.2, 0.25) is 0 Å². The lowest BCUT2D eigenvalue weighted by Crippen LogP contribution is -2.32. The molecule has 18 heavy (non-hydrogen) atoms. The third kappa shape index (κ3) is 3.53. The lowest BCUT2D eigenvalue weighted by atomic mass is 10.1. The van der Waals surface area contributed by atoms with Crippen molar-refractivity contribution in [3.8, 4) is 0 Å². The van der Waals surface area contributed by atoms with Gasteiger partial charge in [0.1, 0.15) is 0 Å². The highest BCUT2D eigenvalue weighted by Gasteiger charge is 2.21. The summed E-state index contributed by atoms with van der Waals surface area (Å²) in [5.41, 5.74) is 7.34. The number of aromatic nitrogens is 1. The zero-order valence-electron chi connectivity index (χ0n) is 11.8. The average Bonchev–Trinajstić information content (AvgIpc) is 2.69. The maximum atomic E-state index is 6.01. The largest absolute Gasteiger partial charge is 0.327 e. The van der Waals surface area contributed by atoms with E-state index in [1.165, 1.54) is 22.1 Å². The molecule has 2 heterocycles. The number of thiazole rings is 1. The first-order valence-electron chi connectivity index (χ1n) is 7.03. The second-order valence-electron chi connectivity index (χ2n) is 5.73. The Morgan fingerprint density at radius 1 is 1.44 bits per heavy atom. The summed E-state index contributed by atoms with van der Waals surface area (Å²) < 4.78 is 0. The van der Waals surface area contributed by atoms with Crippen LogP contribution in [-0.4, -0.2) is 29.0 Å². The van der Waals surface area contributed by atoms with Gasteiger partial charge in [-0.15, -0.1) is 11.3 Å². The van der Waals surface area contributed by atoms with E-state index in [1.807, 2.05) is 11.3 Å². The molecule has 1 unspecified atom stereocenters. The first-order valence-corrected chi connectivity index (χ1v) is 7.85. The standard InChI is InChI=1S/C14H25N3S/c1-4-11(15)7-14-16-12-5-6-17(8-10(2)3)9-13(12)18-14/h10-11H,4-9,15H2,1-3H3. The number of nitrogens with two attached hydrogens (primary N) is 1. The SMILES string of the molecule is CCC(N)Cc1nc2c(s1)CN(CC(C)C)CC2. The van der Waals surface area contributed by atoms with E-state index in [9.17, 15) is 0 Å². The lowest BCUT2D eigenvalue weighted by Gasteiger charge is -2.27. The van der Waals surface area contributed by atoms with E-state index in [-0.39, 0.29) is 6.04 Å². The average molecular weight is 267 g/mol. The van der Waals surface area contributed by atoms with Gasteiger partial charge in [-0.25, -0.2) is 4.98 Å². The minimum atomic E-state index is 0.268. The quantitative estimate of drug-likeness (QED) is 0.891. The molecule has 2 N–H and O–H groups in total. The van der Waals surface area contributed by atoms with Crippen molar-refractivity contribution in [2.45, 2.75) is 52.6 Å². The van der Waals surface area contributed by atoms with Crippen LogP contribution in [0.3, 0.4) is 0 Å². The van der Waals surface area contributed by atoms with Crippen molar-refractivity contribution in [2.24, 2.45) is 11.7 Å². The van der Waals surface area contributed by atoms with Gasteiger partial charge in [0.2, 0.25) is 0 Å². The molecule has 1 aromatic rings. The summed E-state index contributed by atoms with van der Waals surface area (Å²) in [6.07, 6.45) is 3.09. The molecule has 1 atom stereocenters. The van der Waals surface area contributed by atoms with Crippen molar-refractivity contribution < 1.29 is 0 Å². The number of fused-ring (bicyclic) bond motifs is 1. The highest BCUT2D eigenvalue weighted by atomic mass is 32.1. The van der Waals surface area contributed by atoms with E-state index >= 15 is 0 Å². The third-order valence-electron chi connectivity index (χ3n) is 3.44. The van der Waals surface area contributed by atoms with E-state index in [0.717, 1.165) is 38.3 Å². The van der Waals surface area contributed by atoms with E-state index < -0.39 is 0 Å². The summed E-state index contributed by atoms with van der Waals surface area (Å²) in [7, 11) is 0. The monoisotopic (exact) mass is 267 g/mol. The van der Waals surface area contributed by atoms with Crippen molar-refractivity contribution in [2.75, 3.05) is 13.1 Å². The Balaban J connectivity index is 2.00. The molecule has 0 amide bonds. The zero-order valence-corrected chi connectivity index (χ0v) is 12.6. The molecule has 3 nitrogen and oxygen atoms in total. The van der Waals surface area contributed by atoms with E-state index in [4.69, 9.17) is 10.7 Å². The Kier molecular flexibility index (Phi) is 4.76. The van der Waals surface area contributed by atoms with Gasteiger partial charge in [0, 0.05) is 43.4 Å². The Bertz CT molecular complexity index is 386. The summed E-state index contributed by atoms with van der Waals surface area (Å²) in [6, 6.07) is 0.268. The molecule has 0 aromatic carbocycles. The summed E-state index contributed by atoms with van der Waals surface area (Å²) in [5, 5.41) is 1.24. The van der Waals surface area contributed by atoms with E-state index in [2.05, 4.69) is 25.7 Å². The first-order chi connectivity index (χ1) is 8.58. The normalized spacial score (nSPS) is 18.1. The van der Waals surface area contributed by atoms with Gasteiger partial charge in [-0.05, 0) is 12.3 Å². The van der Waals surface area contributed by atoms with Crippen molar-refractivity contribution >= 4 is 11.3 Å². The molecule has 0 aliphatic carbocycles. The van der Waals surface area contributed by atoms with Crippen LogP contribution in [0.25, 0.3) is 0 Å². The molecule has 1 aliphatic heterocycles. The van der Waals surface area contributed by atoms with Gasteiger partial charge in [-0.2, -0.15) is 0 Å². The molecule has 0 saturated heterocycles. The number of rotatable bonds is 5. The van der Waals surface area contributed by atoms with Gasteiger partial charge < -0.3 is 5.73 Å². The van der Waals surface area contributed by atoms with Crippen LogP contribution < -0.4 is 5.73 Å². The molecule has 2 rings (SSSR count). The Hall–Kier alpha value is -0.450. The molecular weight excluding hydrogens is 242 g/mol. The molecule has 0 spiro atoms. The fraction of sp³-hybridized carbons (Fsp3) is 0.786.